The molecule has 0 aromatic heterocycles. The average molecular weight is 323 g/mol. The topological polar surface area (TPSA) is 38.7 Å². The minimum atomic E-state index is -0.566. The largest absolute Gasteiger partial charge is 0.402 e. The number of hydrogen-bond acceptors (Lipinski definition) is 3. The molecule has 0 amide bonds. The fourth-order valence-electron chi connectivity index (χ4n) is 2.47. The molecule has 2 aromatic rings. The number of hydrogen-bond donors (Lipinski definition) is 0. The summed E-state index contributed by atoms with van der Waals surface area (Å²) in [6.45, 7) is 2.16. The Morgan fingerprint density at radius 3 is 2.58 bits per heavy atom. The highest BCUT2D eigenvalue weighted by atomic mass is 19.1. The van der Waals surface area contributed by atoms with E-state index in [1.807, 2.05) is 24.3 Å². The molecular weight excluding hydrogens is 305 g/mol. The highest BCUT2D eigenvalue weighted by molar-refractivity contribution is 6.12. The highest BCUT2D eigenvalue weighted by Gasteiger charge is 2.24. The molecule has 0 N–H and O–H groups in total. The van der Waals surface area contributed by atoms with Crippen molar-refractivity contribution in [2.45, 2.75) is 26.2 Å². The van der Waals surface area contributed by atoms with Gasteiger partial charge in [0.25, 0.3) is 0 Å². The van der Waals surface area contributed by atoms with Gasteiger partial charge in [-0.1, -0.05) is 43.7 Å². The lowest BCUT2D eigenvalue weighted by Gasteiger charge is -2.02. The van der Waals surface area contributed by atoms with Gasteiger partial charge in [-0.2, -0.15) is 0 Å². The molecular formula is C20H18FNO2. The quantitative estimate of drug-likeness (QED) is 0.600. The molecule has 24 heavy (non-hydrogen) atoms. The first-order valence-electron chi connectivity index (χ1n) is 8.04. The molecule has 2 aromatic carbocycles. The van der Waals surface area contributed by atoms with E-state index < -0.39 is 11.8 Å². The van der Waals surface area contributed by atoms with E-state index in [1.54, 1.807) is 18.2 Å². The monoisotopic (exact) mass is 323 g/mol. The summed E-state index contributed by atoms with van der Waals surface area (Å²) in [5, 5.41) is 0. The second-order valence-electron chi connectivity index (χ2n) is 5.66. The summed E-state index contributed by atoms with van der Waals surface area (Å²) in [6, 6.07) is 14.0. The maximum Gasteiger partial charge on any atom is 0.363 e. The molecule has 0 unspecified atom stereocenters. The van der Waals surface area contributed by atoms with Crippen molar-refractivity contribution in [2.24, 2.45) is 4.99 Å². The summed E-state index contributed by atoms with van der Waals surface area (Å²) in [5.74, 6) is -0.713. The zero-order valence-corrected chi connectivity index (χ0v) is 13.5. The first-order chi connectivity index (χ1) is 11.7. The number of cyclic esters (lactones) is 1. The lowest BCUT2D eigenvalue weighted by molar-refractivity contribution is -0.129. The van der Waals surface area contributed by atoms with Crippen molar-refractivity contribution in [2.75, 3.05) is 0 Å². The molecule has 1 aliphatic heterocycles. The Labute approximate surface area is 140 Å². The molecule has 4 heteroatoms. The number of carbonyl (C=O) groups is 1. The summed E-state index contributed by atoms with van der Waals surface area (Å²) < 4.78 is 18.9. The first kappa shape index (κ1) is 16.1. The van der Waals surface area contributed by atoms with Crippen LogP contribution in [0.2, 0.25) is 0 Å². The minimum absolute atomic E-state index is 0.102. The Kier molecular flexibility index (Phi) is 4.85. The van der Waals surface area contributed by atoms with Gasteiger partial charge in [0.1, 0.15) is 5.82 Å². The van der Waals surface area contributed by atoms with Crippen LogP contribution in [0, 0.1) is 5.82 Å². The van der Waals surface area contributed by atoms with Crippen LogP contribution in [-0.2, 0) is 16.0 Å². The molecule has 3 nitrogen and oxygen atoms in total. The molecule has 0 aliphatic carbocycles. The van der Waals surface area contributed by atoms with Crippen LogP contribution in [-0.4, -0.2) is 11.9 Å². The Bertz CT molecular complexity index is 807. The number of aryl methyl sites for hydroxylation is 1. The van der Waals surface area contributed by atoms with Gasteiger partial charge in [0.05, 0.1) is 0 Å². The van der Waals surface area contributed by atoms with E-state index in [0.29, 0.717) is 5.56 Å². The predicted octanol–water partition coefficient (Wildman–Crippen LogP) is 4.51. The van der Waals surface area contributed by atoms with E-state index in [1.165, 1.54) is 17.7 Å². The molecule has 0 saturated carbocycles. The van der Waals surface area contributed by atoms with E-state index in [-0.39, 0.29) is 11.6 Å². The number of aliphatic imine (C=N–C) groups is 1. The van der Waals surface area contributed by atoms with Crippen LogP contribution in [0.25, 0.3) is 6.08 Å². The van der Waals surface area contributed by atoms with Crippen LogP contribution in [0.5, 0.6) is 0 Å². The van der Waals surface area contributed by atoms with E-state index in [2.05, 4.69) is 11.9 Å². The van der Waals surface area contributed by atoms with Gasteiger partial charge in [-0.25, -0.2) is 14.2 Å². The molecule has 0 bridgehead atoms. The molecule has 0 atom stereocenters. The molecule has 0 radical (unpaired) electrons. The lowest BCUT2D eigenvalue weighted by Crippen LogP contribution is -2.05. The van der Waals surface area contributed by atoms with Gasteiger partial charge in [-0.3, -0.25) is 0 Å². The Hall–Kier alpha value is -2.75. The third kappa shape index (κ3) is 3.59. The van der Waals surface area contributed by atoms with Gasteiger partial charge in [0, 0.05) is 11.1 Å². The highest BCUT2D eigenvalue weighted by Crippen LogP contribution is 2.20. The van der Waals surface area contributed by atoms with E-state index in [9.17, 15) is 9.18 Å². The van der Waals surface area contributed by atoms with Crippen molar-refractivity contribution in [1.82, 2.24) is 0 Å². The minimum Gasteiger partial charge on any atom is -0.402 e. The normalized spacial score (nSPS) is 15.5. The summed E-state index contributed by atoms with van der Waals surface area (Å²) in [5.41, 5.74) is 2.39. The molecule has 122 valence electrons. The van der Waals surface area contributed by atoms with Gasteiger partial charge in [0.15, 0.2) is 5.70 Å². The summed E-state index contributed by atoms with van der Waals surface area (Å²) in [6.07, 6.45) is 4.73. The maximum atomic E-state index is 13.7. The van der Waals surface area contributed by atoms with Crippen molar-refractivity contribution in [3.63, 3.8) is 0 Å². The molecule has 0 fully saturated rings. The van der Waals surface area contributed by atoms with E-state index in [4.69, 9.17) is 4.74 Å². The number of unbranched alkanes of at least 4 members (excludes halogenated alkanes) is 1. The average Bonchev–Trinajstić information content (AvgIpc) is 2.96. The molecule has 1 aliphatic rings. The van der Waals surface area contributed by atoms with Gasteiger partial charge < -0.3 is 4.74 Å². The van der Waals surface area contributed by atoms with Gasteiger partial charge >= 0.3 is 5.97 Å². The number of nitrogens with zero attached hydrogens (tertiary/aromatic N) is 1. The zero-order chi connectivity index (χ0) is 16.9. The lowest BCUT2D eigenvalue weighted by atomic mass is 10.1. The summed E-state index contributed by atoms with van der Waals surface area (Å²) >= 11 is 0. The third-order valence-electron chi connectivity index (χ3n) is 3.84. The predicted molar refractivity (Wildman–Crippen MR) is 92.1 cm³/mol. The number of esters is 1. The Morgan fingerprint density at radius 1 is 1.12 bits per heavy atom. The fourth-order valence-corrected chi connectivity index (χ4v) is 2.47. The third-order valence-corrected chi connectivity index (χ3v) is 3.84. The zero-order valence-electron chi connectivity index (χ0n) is 13.5. The standard InChI is InChI=1S/C20H18FNO2/c1-2-3-6-14-9-11-15(12-10-14)19-22-18(20(23)24-19)13-16-7-4-5-8-17(16)21/h4-5,7-13H,2-3,6H2,1H3. The second kappa shape index (κ2) is 7.21. The first-order valence-corrected chi connectivity index (χ1v) is 8.04. The molecule has 0 spiro atoms. The van der Waals surface area contributed by atoms with Gasteiger partial charge in [-0.15, -0.1) is 0 Å². The number of benzene rings is 2. The van der Waals surface area contributed by atoms with Crippen LogP contribution in [0.4, 0.5) is 4.39 Å². The number of halogens is 1. The maximum absolute atomic E-state index is 13.7. The Morgan fingerprint density at radius 2 is 1.88 bits per heavy atom. The number of rotatable bonds is 5. The van der Waals surface area contributed by atoms with Crippen molar-refractivity contribution in [3.8, 4) is 0 Å². The van der Waals surface area contributed by atoms with Crippen LogP contribution in [0.15, 0.2) is 59.2 Å². The van der Waals surface area contributed by atoms with Gasteiger partial charge in [0.2, 0.25) is 5.90 Å². The van der Waals surface area contributed by atoms with Crippen LogP contribution in [0.1, 0.15) is 36.5 Å². The second-order valence-corrected chi connectivity index (χ2v) is 5.66. The number of ether oxygens (including phenoxy) is 1. The van der Waals surface area contributed by atoms with E-state index in [0.717, 1.165) is 24.8 Å². The number of carbonyl (C=O) groups excluding carboxylic acids is 1. The Balaban J connectivity index is 1.83. The van der Waals surface area contributed by atoms with Crippen molar-refractivity contribution >= 4 is 17.9 Å². The van der Waals surface area contributed by atoms with Crippen molar-refractivity contribution in [3.05, 3.63) is 76.7 Å². The van der Waals surface area contributed by atoms with Crippen LogP contribution < -0.4 is 0 Å². The van der Waals surface area contributed by atoms with Gasteiger partial charge in [-0.05, 0) is 42.7 Å². The van der Waals surface area contributed by atoms with Crippen LogP contribution >= 0.6 is 0 Å². The summed E-state index contributed by atoms with van der Waals surface area (Å²) in [4.78, 5) is 16.2. The van der Waals surface area contributed by atoms with E-state index >= 15 is 0 Å². The molecule has 0 saturated heterocycles. The van der Waals surface area contributed by atoms with Crippen molar-refractivity contribution < 1.29 is 13.9 Å². The summed E-state index contributed by atoms with van der Waals surface area (Å²) in [7, 11) is 0. The molecule has 3 rings (SSSR count). The van der Waals surface area contributed by atoms with Crippen molar-refractivity contribution in [1.29, 1.82) is 0 Å². The van der Waals surface area contributed by atoms with Crippen LogP contribution in [0.3, 0.4) is 0 Å². The SMILES string of the molecule is CCCCc1ccc(C2=NC(=Cc3ccccc3F)C(=O)O2)cc1. The fraction of sp³-hybridized carbons (Fsp3) is 0.200. The molecule has 1 heterocycles. The smallest absolute Gasteiger partial charge is 0.363 e.